The van der Waals surface area contributed by atoms with E-state index < -0.39 is 0 Å². The minimum Gasteiger partial charge on any atom is -0.131 e. The van der Waals surface area contributed by atoms with Gasteiger partial charge >= 0.3 is 0 Å². The van der Waals surface area contributed by atoms with E-state index in [1.165, 1.54) is 17.5 Å². The van der Waals surface area contributed by atoms with E-state index in [2.05, 4.69) is 25.4 Å². The highest BCUT2D eigenvalue weighted by molar-refractivity contribution is 7.28. The van der Waals surface area contributed by atoms with Gasteiger partial charge in [-0.05, 0) is 29.8 Å². The molecular formula is C8H12P. The second kappa shape index (κ2) is 3.08. The monoisotopic (exact) mass is 139 g/mol. The minimum absolute atomic E-state index is 0.834. The third-order valence-corrected chi connectivity index (χ3v) is 2.53. The van der Waals surface area contributed by atoms with Crippen molar-refractivity contribution in [1.82, 2.24) is 0 Å². The summed E-state index contributed by atoms with van der Waals surface area (Å²) in [7, 11) is 0.834. The molecule has 0 aromatic carbocycles. The minimum atomic E-state index is 0.834. The van der Waals surface area contributed by atoms with Crippen LogP contribution < -0.4 is 0 Å². The second-order valence-corrected chi connectivity index (χ2v) is 2.95. The van der Waals surface area contributed by atoms with Crippen LogP contribution in [0, 0.1) is 5.80 Å². The normalized spacial score (nSPS) is 10.0. The van der Waals surface area contributed by atoms with Gasteiger partial charge in [0.1, 0.15) is 0 Å². The lowest BCUT2D eigenvalue weighted by molar-refractivity contribution is 1.05. The molecule has 1 radical (unpaired) electrons. The SMILES string of the molecule is CCc1[c][pH]cc1CC. The summed E-state index contributed by atoms with van der Waals surface area (Å²) in [4.78, 5) is 0. The molecule has 0 N–H and O–H groups in total. The summed E-state index contributed by atoms with van der Waals surface area (Å²) in [5, 5.41) is 0. The summed E-state index contributed by atoms with van der Waals surface area (Å²) in [5.41, 5.74) is 2.98. The molecule has 49 valence electrons. The van der Waals surface area contributed by atoms with Crippen molar-refractivity contribution in [1.29, 1.82) is 0 Å². The number of rotatable bonds is 2. The highest BCUT2D eigenvalue weighted by Gasteiger charge is 1.96. The van der Waals surface area contributed by atoms with Gasteiger partial charge in [-0.2, -0.15) is 0 Å². The zero-order valence-corrected chi connectivity index (χ0v) is 6.99. The van der Waals surface area contributed by atoms with Gasteiger partial charge in [-0.3, -0.25) is 0 Å². The van der Waals surface area contributed by atoms with Crippen molar-refractivity contribution >= 4 is 8.19 Å². The smallest absolute Gasteiger partial charge is 0.00564 e. The molecule has 1 atom stereocenters. The maximum absolute atomic E-state index is 3.36. The van der Waals surface area contributed by atoms with Gasteiger partial charge in [0.15, 0.2) is 0 Å². The van der Waals surface area contributed by atoms with Crippen LogP contribution in [0.2, 0.25) is 0 Å². The number of hydrogen-bond acceptors (Lipinski definition) is 0. The van der Waals surface area contributed by atoms with Crippen LogP contribution >= 0.6 is 8.19 Å². The largest absolute Gasteiger partial charge is 0.131 e. The highest BCUT2D eigenvalue weighted by atomic mass is 31.0. The van der Waals surface area contributed by atoms with Crippen molar-refractivity contribution in [3.63, 3.8) is 0 Å². The zero-order valence-electron chi connectivity index (χ0n) is 5.99. The Labute approximate surface area is 58.4 Å². The van der Waals surface area contributed by atoms with Gasteiger partial charge in [-0.25, -0.2) is 0 Å². The number of hydrogen-bond donors (Lipinski definition) is 0. The Morgan fingerprint density at radius 2 is 2.22 bits per heavy atom. The average molecular weight is 139 g/mol. The first-order chi connectivity index (χ1) is 4.38. The molecule has 1 heterocycles. The molecule has 0 aliphatic rings. The molecule has 0 aliphatic heterocycles. The lowest BCUT2D eigenvalue weighted by Gasteiger charge is -1.93. The van der Waals surface area contributed by atoms with Crippen LogP contribution in [0.15, 0.2) is 5.80 Å². The van der Waals surface area contributed by atoms with Crippen molar-refractivity contribution in [3.8, 4) is 0 Å². The van der Waals surface area contributed by atoms with Crippen molar-refractivity contribution in [2.75, 3.05) is 0 Å². The van der Waals surface area contributed by atoms with Gasteiger partial charge in [0.25, 0.3) is 0 Å². The molecule has 1 aromatic rings. The molecule has 0 nitrogen and oxygen atoms in total. The van der Waals surface area contributed by atoms with Crippen molar-refractivity contribution < 1.29 is 0 Å². The van der Waals surface area contributed by atoms with E-state index in [4.69, 9.17) is 0 Å². The Morgan fingerprint density at radius 3 is 2.67 bits per heavy atom. The molecule has 9 heavy (non-hydrogen) atoms. The Morgan fingerprint density at radius 1 is 1.44 bits per heavy atom. The summed E-state index contributed by atoms with van der Waals surface area (Å²) in [6.45, 7) is 4.40. The molecule has 0 spiro atoms. The van der Waals surface area contributed by atoms with E-state index in [1.807, 2.05) is 0 Å². The summed E-state index contributed by atoms with van der Waals surface area (Å²) >= 11 is 0. The van der Waals surface area contributed by atoms with E-state index in [-0.39, 0.29) is 0 Å². The van der Waals surface area contributed by atoms with Crippen LogP contribution in [-0.2, 0) is 12.8 Å². The fourth-order valence-corrected chi connectivity index (χ4v) is 2.14. The van der Waals surface area contributed by atoms with Crippen LogP contribution in [-0.4, -0.2) is 0 Å². The predicted octanol–water partition coefficient (Wildman–Crippen LogP) is 2.64. The summed E-state index contributed by atoms with van der Waals surface area (Å²) in [6, 6.07) is 0. The van der Waals surface area contributed by atoms with E-state index in [1.54, 1.807) is 0 Å². The highest BCUT2D eigenvalue weighted by Crippen LogP contribution is 2.18. The van der Waals surface area contributed by atoms with Gasteiger partial charge in [0.05, 0.1) is 0 Å². The molecule has 1 aromatic heterocycles. The lowest BCUT2D eigenvalue weighted by Crippen LogP contribution is -1.82. The molecule has 0 saturated heterocycles. The fraction of sp³-hybridized carbons (Fsp3) is 0.500. The first-order valence-electron chi connectivity index (χ1n) is 3.45. The Bertz CT molecular complexity index is 158. The molecule has 1 unspecified atom stereocenters. The van der Waals surface area contributed by atoms with E-state index in [0.717, 1.165) is 14.6 Å². The topological polar surface area (TPSA) is 0 Å². The quantitative estimate of drug-likeness (QED) is 0.590. The van der Waals surface area contributed by atoms with Crippen LogP contribution in [0.5, 0.6) is 0 Å². The molecule has 0 aliphatic carbocycles. The molecule has 0 bridgehead atoms. The van der Waals surface area contributed by atoms with Gasteiger partial charge in [0, 0.05) is 5.80 Å². The second-order valence-electron chi connectivity index (χ2n) is 2.12. The summed E-state index contributed by atoms with van der Waals surface area (Å²) < 4.78 is 0. The maximum atomic E-state index is 3.36. The van der Waals surface area contributed by atoms with Gasteiger partial charge in [-0.1, -0.05) is 13.8 Å². The van der Waals surface area contributed by atoms with E-state index in [0.29, 0.717) is 0 Å². The maximum Gasteiger partial charge on any atom is 0.00564 e. The fourth-order valence-electron chi connectivity index (χ4n) is 1.01. The Hall–Kier alpha value is -0.220. The Balaban J connectivity index is 2.85. The lowest BCUT2D eigenvalue weighted by atomic mass is 10.1. The molecule has 1 heteroatoms. The molecule has 0 amide bonds. The Kier molecular flexibility index (Phi) is 2.36. The van der Waals surface area contributed by atoms with Crippen molar-refractivity contribution in [2.45, 2.75) is 26.7 Å². The standard InChI is InChI=1S/C8H12P/c1-3-7-5-9-6-8(7)4-2/h5,9H,3-4H2,1-2H3. The van der Waals surface area contributed by atoms with Crippen LogP contribution in [0.1, 0.15) is 25.0 Å². The summed E-state index contributed by atoms with van der Waals surface area (Å²) in [6.07, 6.45) is 2.34. The third-order valence-electron chi connectivity index (χ3n) is 1.59. The van der Waals surface area contributed by atoms with Crippen LogP contribution in [0.25, 0.3) is 0 Å². The molecule has 0 fully saturated rings. The van der Waals surface area contributed by atoms with Gasteiger partial charge < -0.3 is 0 Å². The van der Waals surface area contributed by atoms with E-state index in [9.17, 15) is 0 Å². The summed E-state index contributed by atoms with van der Waals surface area (Å²) in [5.74, 6) is 5.66. The van der Waals surface area contributed by atoms with Crippen molar-refractivity contribution in [3.05, 3.63) is 22.7 Å². The first kappa shape index (κ1) is 6.89. The van der Waals surface area contributed by atoms with Crippen molar-refractivity contribution in [2.24, 2.45) is 0 Å². The van der Waals surface area contributed by atoms with E-state index >= 15 is 0 Å². The first-order valence-corrected chi connectivity index (χ1v) is 4.53. The molecule has 1 rings (SSSR count). The average Bonchev–Trinajstić information content (AvgIpc) is 2.33. The third kappa shape index (κ3) is 1.37. The number of aryl methyl sites for hydroxylation is 2. The van der Waals surface area contributed by atoms with Crippen LogP contribution in [0.3, 0.4) is 0 Å². The molecular weight excluding hydrogens is 127 g/mol. The molecule has 0 saturated carbocycles. The zero-order chi connectivity index (χ0) is 6.69. The van der Waals surface area contributed by atoms with Gasteiger partial charge in [0.2, 0.25) is 0 Å². The predicted molar refractivity (Wildman–Crippen MR) is 43.5 cm³/mol. The van der Waals surface area contributed by atoms with Crippen LogP contribution in [0.4, 0.5) is 0 Å². The van der Waals surface area contributed by atoms with Gasteiger partial charge in [-0.15, -0.1) is 8.19 Å².